The Balaban J connectivity index is 2.56. The number of terminal acetylenes is 1. The summed E-state index contributed by atoms with van der Waals surface area (Å²) in [4.78, 5) is 0. The number of benzene rings is 1. The van der Waals surface area contributed by atoms with E-state index in [2.05, 4.69) is 12.0 Å². The van der Waals surface area contributed by atoms with E-state index >= 15 is 0 Å². The van der Waals surface area contributed by atoms with Crippen LogP contribution in [0.3, 0.4) is 0 Å². The van der Waals surface area contributed by atoms with Crippen LogP contribution in [-0.4, -0.2) is 20.3 Å². The summed E-state index contributed by atoms with van der Waals surface area (Å²) in [5.74, 6) is 2.65. The lowest BCUT2D eigenvalue weighted by molar-refractivity contribution is -0.182. The molecule has 0 spiro atoms. The van der Waals surface area contributed by atoms with Crippen LogP contribution in [-0.2, 0) is 15.1 Å². The van der Waals surface area contributed by atoms with Gasteiger partial charge in [-0.05, 0) is 5.56 Å². The molecule has 0 saturated carbocycles. The fourth-order valence-corrected chi connectivity index (χ4v) is 2.20. The van der Waals surface area contributed by atoms with Gasteiger partial charge in [-0.3, -0.25) is 0 Å². The molecule has 1 aromatic rings. The lowest BCUT2D eigenvalue weighted by atomic mass is 9.68. The van der Waals surface area contributed by atoms with Gasteiger partial charge in [-0.25, -0.2) is 0 Å². The number of nitrogens with zero attached hydrogens (tertiary/aromatic N) is 1. The van der Waals surface area contributed by atoms with Crippen molar-refractivity contribution in [2.45, 2.75) is 5.60 Å². The summed E-state index contributed by atoms with van der Waals surface area (Å²) < 4.78 is 10.7. The van der Waals surface area contributed by atoms with E-state index in [1.807, 2.05) is 30.3 Å². The third-order valence-electron chi connectivity index (χ3n) is 3.27. The van der Waals surface area contributed by atoms with Gasteiger partial charge < -0.3 is 9.47 Å². The lowest BCUT2D eigenvalue weighted by Crippen LogP contribution is -2.57. The normalized spacial score (nSPS) is 20.4. The van der Waals surface area contributed by atoms with E-state index in [1.54, 1.807) is 0 Å². The standard InChI is InChI=1S/C14H13NO2/c1-3-14(16-2,12-7-5-4-6-8-12)13(9-15)10-17-11-13/h1,4-8H,10-11H2,2H3/t14-/m1/s1. The van der Waals surface area contributed by atoms with E-state index in [0.29, 0.717) is 13.2 Å². The number of methoxy groups -OCH3 is 1. The maximum atomic E-state index is 9.39. The first-order valence-corrected chi connectivity index (χ1v) is 5.32. The Labute approximate surface area is 101 Å². The second kappa shape index (κ2) is 4.22. The van der Waals surface area contributed by atoms with Crippen LogP contribution in [0.25, 0.3) is 0 Å². The molecular weight excluding hydrogens is 214 g/mol. The predicted molar refractivity (Wildman–Crippen MR) is 62.8 cm³/mol. The quantitative estimate of drug-likeness (QED) is 0.738. The fourth-order valence-electron chi connectivity index (χ4n) is 2.20. The van der Waals surface area contributed by atoms with Crippen LogP contribution >= 0.6 is 0 Å². The largest absolute Gasteiger partial charge is 0.378 e. The molecule has 1 fully saturated rings. The average Bonchev–Trinajstić information content (AvgIpc) is 2.35. The third-order valence-corrected chi connectivity index (χ3v) is 3.27. The molecule has 0 bridgehead atoms. The summed E-state index contributed by atoms with van der Waals surface area (Å²) in [5.41, 5.74) is -1.02. The molecule has 0 aliphatic carbocycles. The van der Waals surface area contributed by atoms with Gasteiger partial charge in [0.15, 0.2) is 5.60 Å². The van der Waals surface area contributed by atoms with Crippen molar-refractivity contribution < 1.29 is 9.47 Å². The number of rotatable bonds is 3. The molecule has 1 saturated heterocycles. The maximum Gasteiger partial charge on any atom is 0.176 e. The molecule has 3 heteroatoms. The first kappa shape index (κ1) is 11.7. The summed E-state index contributed by atoms with van der Waals surface area (Å²) in [5, 5.41) is 9.39. The highest BCUT2D eigenvalue weighted by molar-refractivity contribution is 5.39. The van der Waals surface area contributed by atoms with Crippen molar-refractivity contribution in [3.63, 3.8) is 0 Å². The Bertz CT molecular complexity index is 479. The van der Waals surface area contributed by atoms with Crippen molar-refractivity contribution in [1.82, 2.24) is 0 Å². The molecule has 86 valence electrons. The highest BCUT2D eigenvalue weighted by atomic mass is 16.5. The van der Waals surface area contributed by atoms with Crippen LogP contribution < -0.4 is 0 Å². The number of ether oxygens (including phenoxy) is 2. The minimum atomic E-state index is -1.04. The zero-order valence-electron chi connectivity index (χ0n) is 9.64. The van der Waals surface area contributed by atoms with Crippen molar-refractivity contribution in [2.75, 3.05) is 20.3 Å². The van der Waals surface area contributed by atoms with Crippen LogP contribution in [0.2, 0.25) is 0 Å². The Morgan fingerprint density at radius 3 is 2.41 bits per heavy atom. The molecule has 0 radical (unpaired) electrons. The van der Waals surface area contributed by atoms with Gasteiger partial charge in [0.1, 0.15) is 5.41 Å². The Morgan fingerprint density at radius 1 is 1.41 bits per heavy atom. The molecule has 17 heavy (non-hydrogen) atoms. The molecule has 1 aliphatic rings. The minimum absolute atomic E-state index is 0.302. The second-order valence-corrected chi connectivity index (χ2v) is 4.08. The number of hydrogen-bond acceptors (Lipinski definition) is 3. The highest BCUT2D eigenvalue weighted by Crippen LogP contribution is 2.47. The van der Waals surface area contributed by atoms with Gasteiger partial charge in [0, 0.05) is 7.11 Å². The number of nitriles is 1. The zero-order valence-corrected chi connectivity index (χ0v) is 9.64. The number of hydrogen-bond donors (Lipinski definition) is 0. The molecule has 0 unspecified atom stereocenters. The van der Waals surface area contributed by atoms with Crippen LogP contribution in [0.1, 0.15) is 5.56 Å². The smallest absolute Gasteiger partial charge is 0.176 e. The van der Waals surface area contributed by atoms with E-state index in [-0.39, 0.29) is 0 Å². The molecule has 1 atom stereocenters. The summed E-state index contributed by atoms with van der Waals surface area (Å²) >= 11 is 0. The summed E-state index contributed by atoms with van der Waals surface area (Å²) in [6, 6.07) is 11.7. The van der Waals surface area contributed by atoms with E-state index < -0.39 is 11.0 Å². The zero-order chi connectivity index (χ0) is 12.4. The molecule has 1 aromatic carbocycles. The van der Waals surface area contributed by atoms with Crippen molar-refractivity contribution >= 4 is 0 Å². The molecule has 0 aromatic heterocycles. The van der Waals surface area contributed by atoms with Crippen LogP contribution in [0, 0.1) is 29.1 Å². The molecule has 0 N–H and O–H groups in total. The molecule has 2 rings (SSSR count). The van der Waals surface area contributed by atoms with E-state index in [9.17, 15) is 5.26 Å². The Morgan fingerprint density at radius 2 is 2.06 bits per heavy atom. The second-order valence-electron chi connectivity index (χ2n) is 4.08. The molecular formula is C14H13NO2. The SMILES string of the molecule is C#C[C@@](OC)(c1ccccc1)C1(C#N)COC1. The molecule has 3 nitrogen and oxygen atoms in total. The van der Waals surface area contributed by atoms with Crippen molar-refractivity contribution in [3.8, 4) is 18.4 Å². The monoisotopic (exact) mass is 227 g/mol. The average molecular weight is 227 g/mol. The minimum Gasteiger partial charge on any atom is -0.378 e. The maximum absolute atomic E-state index is 9.39. The first-order valence-electron chi connectivity index (χ1n) is 5.32. The predicted octanol–water partition coefficient (Wildman–Crippen LogP) is 1.70. The van der Waals surface area contributed by atoms with Crippen LogP contribution in [0.15, 0.2) is 30.3 Å². The Kier molecular flexibility index (Phi) is 2.90. The van der Waals surface area contributed by atoms with Gasteiger partial charge in [0.05, 0.1) is 19.3 Å². The van der Waals surface area contributed by atoms with E-state index in [4.69, 9.17) is 15.9 Å². The summed E-state index contributed by atoms with van der Waals surface area (Å²) in [6.45, 7) is 0.604. The molecule has 0 amide bonds. The third kappa shape index (κ3) is 1.45. The van der Waals surface area contributed by atoms with Gasteiger partial charge in [-0.2, -0.15) is 5.26 Å². The van der Waals surface area contributed by atoms with Crippen LogP contribution in [0.4, 0.5) is 0 Å². The van der Waals surface area contributed by atoms with Crippen molar-refractivity contribution in [1.29, 1.82) is 5.26 Å². The summed E-state index contributed by atoms with van der Waals surface area (Å²) in [6.07, 6.45) is 5.64. The van der Waals surface area contributed by atoms with Gasteiger partial charge in [-0.15, -0.1) is 6.42 Å². The van der Waals surface area contributed by atoms with Gasteiger partial charge >= 0.3 is 0 Å². The summed E-state index contributed by atoms with van der Waals surface area (Å²) in [7, 11) is 1.53. The molecule has 1 heterocycles. The fraction of sp³-hybridized carbons (Fsp3) is 0.357. The van der Waals surface area contributed by atoms with Crippen molar-refractivity contribution in [2.24, 2.45) is 5.41 Å². The lowest BCUT2D eigenvalue weighted by Gasteiger charge is -2.47. The van der Waals surface area contributed by atoms with Gasteiger partial charge in [0.2, 0.25) is 0 Å². The Hall–Kier alpha value is -1.81. The topological polar surface area (TPSA) is 42.2 Å². The van der Waals surface area contributed by atoms with Gasteiger partial charge in [-0.1, -0.05) is 36.3 Å². The van der Waals surface area contributed by atoms with Crippen molar-refractivity contribution in [3.05, 3.63) is 35.9 Å². The van der Waals surface area contributed by atoms with Gasteiger partial charge in [0.25, 0.3) is 0 Å². The molecule has 1 aliphatic heterocycles. The van der Waals surface area contributed by atoms with E-state index in [1.165, 1.54) is 7.11 Å². The van der Waals surface area contributed by atoms with Crippen LogP contribution in [0.5, 0.6) is 0 Å². The first-order chi connectivity index (χ1) is 8.24. The van der Waals surface area contributed by atoms with E-state index in [0.717, 1.165) is 5.56 Å². The highest BCUT2D eigenvalue weighted by Gasteiger charge is 2.58.